The lowest BCUT2D eigenvalue weighted by Gasteiger charge is -2.23. The summed E-state index contributed by atoms with van der Waals surface area (Å²) in [6.45, 7) is 8.79. The average Bonchev–Trinajstić information content (AvgIpc) is 2.40. The van der Waals surface area contributed by atoms with Crippen LogP contribution in [0.4, 0.5) is 0 Å². The number of hydrogen-bond acceptors (Lipinski definition) is 1. The molecule has 0 fully saturated rings. The Morgan fingerprint density at radius 1 is 1.25 bits per heavy atom. The zero-order valence-electron chi connectivity index (χ0n) is 10.4. The van der Waals surface area contributed by atoms with Crippen LogP contribution in [0.3, 0.4) is 0 Å². The largest absolute Gasteiger partial charge is 0.266 e. The molecule has 0 amide bonds. The van der Waals surface area contributed by atoms with Gasteiger partial charge in [-0.2, -0.15) is 5.10 Å². The predicted molar refractivity (Wildman–Crippen MR) is 69.2 cm³/mol. The second kappa shape index (κ2) is 3.49. The quantitative estimate of drug-likeness (QED) is 0.680. The highest BCUT2D eigenvalue weighted by Gasteiger charge is 2.22. The van der Waals surface area contributed by atoms with Gasteiger partial charge in [0.15, 0.2) is 5.15 Å². The van der Waals surface area contributed by atoms with Crippen molar-refractivity contribution >= 4 is 22.5 Å². The van der Waals surface area contributed by atoms with Crippen molar-refractivity contribution in [3.8, 4) is 0 Å². The van der Waals surface area contributed by atoms with Crippen molar-refractivity contribution in [1.82, 2.24) is 9.78 Å². The van der Waals surface area contributed by atoms with Gasteiger partial charge in [-0.25, -0.2) is 0 Å². The second-order valence-corrected chi connectivity index (χ2v) is 5.68. The Morgan fingerprint density at radius 3 is 2.44 bits per heavy atom. The molecule has 2 rings (SSSR count). The zero-order chi connectivity index (χ0) is 12.1. The van der Waals surface area contributed by atoms with Crippen molar-refractivity contribution in [2.45, 2.75) is 33.1 Å². The van der Waals surface area contributed by atoms with E-state index < -0.39 is 0 Å². The molecule has 0 aliphatic carbocycles. The molecule has 3 heteroatoms. The van der Waals surface area contributed by atoms with Gasteiger partial charge in [-0.1, -0.05) is 38.4 Å². The van der Waals surface area contributed by atoms with Crippen LogP contribution in [0.1, 0.15) is 31.9 Å². The van der Waals surface area contributed by atoms with Crippen LogP contribution in [0, 0.1) is 6.92 Å². The van der Waals surface area contributed by atoms with E-state index in [0.29, 0.717) is 5.15 Å². The second-order valence-electron chi connectivity index (χ2n) is 5.32. The minimum absolute atomic E-state index is 0.0979. The Balaban J connectivity index is 2.95. The van der Waals surface area contributed by atoms with Crippen LogP contribution in [-0.4, -0.2) is 9.78 Å². The fourth-order valence-electron chi connectivity index (χ4n) is 2.38. The molecule has 0 bridgehead atoms. The van der Waals surface area contributed by atoms with Crippen molar-refractivity contribution in [1.29, 1.82) is 0 Å². The van der Waals surface area contributed by atoms with E-state index in [2.05, 4.69) is 44.9 Å². The Hall–Kier alpha value is -1.02. The first kappa shape index (κ1) is 11.5. The van der Waals surface area contributed by atoms with Crippen LogP contribution >= 0.6 is 11.6 Å². The molecule has 0 aliphatic rings. The maximum atomic E-state index is 6.12. The number of rotatable bonds is 0. The van der Waals surface area contributed by atoms with E-state index in [0.717, 1.165) is 10.9 Å². The van der Waals surface area contributed by atoms with Gasteiger partial charge in [0.05, 0.1) is 5.52 Å². The summed E-state index contributed by atoms with van der Waals surface area (Å²) in [5, 5.41) is 5.92. The number of nitrogens with zero attached hydrogens (tertiary/aromatic N) is 2. The number of benzene rings is 1. The lowest BCUT2D eigenvalue weighted by molar-refractivity contribution is 0.586. The van der Waals surface area contributed by atoms with Crippen LogP contribution in [0.5, 0.6) is 0 Å². The lowest BCUT2D eigenvalue weighted by atomic mass is 9.83. The van der Waals surface area contributed by atoms with Crippen LogP contribution in [0.2, 0.25) is 5.15 Å². The molecule has 0 N–H and O–H groups in total. The molecule has 1 heterocycles. The summed E-state index contributed by atoms with van der Waals surface area (Å²) in [7, 11) is 1.95. The third-order valence-corrected chi connectivity index (χ3v) is 3.20. The van der Waals surface area contributed by atoms with Crippen molar-refractivity contribution in [3.05, 3.63) is 28.4 Å². The molecule has 0 saturated heterocycles. The third kappa shape index (κ3) is 1.61. The van der Waals surface area contributed by atoms with Gasteiger partial charge in [0.2, 0.25) is 0 Å². The van der Waals surface area contributed by atoms with Crippen LogP contribution in [-0.2, 0) is 12.5 Å². The summed E-state index contributed by atoms with van der Waals surface area (Å²) in [5.41, 5.74) is 3.87. The van der Waals surface area contributed by atoms with Gasteiger partial charge in [-0.3, -0.25) is 4.68 Å². The maximum Gasteiger partial charge on any atom is 0.158 e. The van der Waals surface area contributed by atoms with Crippen LogP contribution in [0.25, 0.3) is 10.9 Å². The molecular formula is C13H17ClN2. The van der Waals surface area contributed by atoms with E-state index in [1.807, 2.05) is 11.7 Å². The number of fused-ring (bicyclic) bond motifs is 1. The summed E-state index contributed by atoms with van der Waals surface area (Å²) in [6, 6.07) is 4.17. The fourth-order valence-corrected chi connectivity index (χ4v) is 2.64. The Labute approximate surface area is 101 Å². The summed E-state index contributed by atoms with van der Waals surface area (Å²) < 4.78 is 1.88. The maximum absolute atomic E-state index is 6.12. The molecule has 0 radical (unpaired) electrons. The van der Waals surface area contributed by atoms with E-state index in [9.17, 15) is 0 Å². The highest BCUT2D eigenvalue weighted by Crippen LogP contribution is 2.35. The summed E-state index contributed by atoms with van der Waals surface area (Å²) >= 11 is 6.12. The molecule has 86 valence electrons. The first-order chi connectivity index (χ1) is 7.32. The summed E-state index contributed by atoms with van der Waals surface area (Å²) in [6.07, 6.45) is 0. The zero-order valence-corrected chi connectivity index (χ0v) is 11.2. The summed E-state index contributed by atoms with van der Waals surface area (Å²) in [4.78, 5) is 0. The van der Waals surface area contributed by atoms with Gasteiger partial charge in [0.25, 0.3) is 0 Å². The van der Waals surface area contributed by atoms with Gasteiger partial charge in [-0.15, -0.1) is 0 Å². The molecule has 2 aromatic rings. The minimum Gasteiger partial charge on any atom is -0.266 e. The Kier molecular flexibility index (Phi) is 2.50. The Bertz CT molecular complexity index is 547. The highest BCUT2D eigenvalue weighted by molar-refractivity contribution is 6.34. The van der Waals surface area contributed by atoms with E-state index in [-0.39, 0.29) is 5.41 Å². The normalized spacial score (nSPS) is 12.4. The van der Waals surface area contributed by atoms with Gasteiger partial charge in [0, 0.05) is 12.4 Å². The molecule has 1 aromatic carbocycles. The SMILES string of the molecule is Cc1ccc2c(Cl)nn(C)c2c1C(C)(C)C. The fraction of sp³-hybridized carbons (Fsp3) is 0.462. The third-order valence-electron chi connectivity index (χ3n) is 2.92. The number of hydrogen-bond donors (Lipinski definition) is 0. The molecule has 16 heavy (non-hydrogen) atoms. The molecule has 0 unspecified atom stereocenters. The average molecular weight is 237 g/mol. The molecule has 0 atom stereocenters. The van der Waals surface area contributed by atoms with Crippen molar-refractivity contribution in [2.75, 3.05) is 0 Å². The molecular weight excluding hydrogens is 220 g/mol. The van der Waals surface area contributed by atoms with E-state index in [1.165, 1.54) is 11.1 Å². The van der Waals surface area contributed by atoms with Crippen molar-refractivity contribution < 1.29 is 0 Å². The lowest BCUT2D eigenvalue weighted by Crippen LogP contribution is -2.15. The molecule has 1 aromatic heterocycles. The van der Waals surface area contributed by atoms with Gasteiger partial charge in [0.1, 0.15) is 0 Å². The van der Waals surface area contributed by atoms with Crippen LogP contribution in [0.15, 0.2) is 12.1 Å². The van der Waals surface area contributed by atoms with Gasteiger partial charge < -0.3 is 0 Å². The smallest absolute Gasteiger partial charge is 0.158 e. The first-order valence-corrected chi connectivity index (χ1v) is 5.82. The molecule has 0 spiro atoms. The molecule has 0 aliphatic heterocycles. The number of halogens is 1. The van der Waals surface area contributed by atoms with E-state index in [1.54, 1.807) is 0 Å². The monoisotopic (exact) mass is 236 g/mol. The van der Waals surface area contributed by atoms with Gasteiger partial charge >= 0.3 is 0 Å². The molecule has 2 nitrogen and oxygen atoms in total. The number of aromatic nitrogens is 2. The first-order valence-electron chi connectivity index (χ1n) is 5.44. The Morgan fingerprint density at radius 2 is 1.88 bits per heavy atom. The topological polar surface area (TPSA) is 17.8 Å². The highest BCUT2D eigenvalue weighted by atomic mass is 35.5. The van der Waals surface area contributed by atoms with E-state index >= 15 is 0 Å². The van der Waals surface area contributed by atoms with Gasteiger partial charge in [-0.05, 0) is 29.5 Å². The van der Waals surface area contributed by atoms with E-state index in [4.69, 9.17) is 11.6 Å². The van der Waals surface area contributed by atoms with Crippen LogP contribution < -0.4 is 0 Å². The standard InChI is InChI=1S/C13H17ClN2/c1-8-6-7-9-11(10(8)13(2,3)4)16(5)15-12(9)14/h6-7H,1-5H3. The molecule has 0 saturated carbocycles. The van der Waals surface area contributed by atoms with Crippen molar-refractivity contribution in [2.24, 2.45) is 7.05 Å². The van der Waals surface area contributed by atoms with Crippen molar-refractivity contribution in [3.63, 3.8) is 0 Å². The minimum atomic E-state index is 0.0979. The number of aryl methyl sites for hydroxylation is 2. The predicted octanol–water partition coefficient (Wildman–Crippen LogP) is 3.83. The summed E-state index contributed by atoms with van der Waals surface area (Å²) in [5.74, 6) is 0.